The molecule has 1 saturated carbocycles. The van der Waals surface area contributed by atoms with Crippen LogP contribution in [-0.2, 0) is 10.2 Å². The van der Waals surface area contributed by atoms with Crippen molar-refractivity contribution in [2.45, 2.75) is 25.2 Å². The molecule has 1 heterocycles. The summed E-state index contributed by atoms with van der Waals surface area (Å²) in [5.41, 5.74) is 1.24. The summed E-state index contributed by atoms with van der Waals surface area (Å²) in [5.74, 6) is 6.47. The predicted molar refractivity (Wildman–Crippen MR) is 69.9 cm³/mol. The first-order chi connectivity index (χ1) is 9.23. The van der Waals surface area contributed by atoms with Crippen molar-refractivity contribution in [3.05, 3.63) is 23.8 Å². The van der Waals surface area contributed by atoms with E-state index in [1.165, 1.54) is 5.56 Å². The van der Waals surface area contributed by atoms with E-state index in [0.717, 1.165) is 24.3 Å². The van der Waals surface area contributed by atoms with Crippen molar-refractivity contribution < 1.29 is 14.3 Å². The minimum Gasteiger partial charge on any atom is -0.454 e. The van der Waals surface area contributed by atoms with E-state index in [9.17, 15) is 4.79 Å². The average molecular weight is 257 g/mol. The van der Waals surface area contributed by atoms with E-state index in [0.29, 0.717) is 6.54 Å². The fourth-order valence-corrected chi connectivity index (χ4v) is 2.35. The van der Waals surface area contributed by atoms with Gasteiger partial charge >= 0.3 is 0 Å². The minimum atomic E-state index is -0.213. The van der Waals surface area contributed by atoms with Crippen LogP contribution in [-0.4, -0.2) is 19.2 Å². The van der Waals surface area contributed by atoms with Gasteiger partial charge in [-0.05, 0) is 43.4 Å². The Hall–Kier alpha value is -2.15. The fraction of sp³-hybridized carbons (Fsp3) is 0.400. The molecule has 1 fully saturated rings. The molecule has 4 heteroatoms. The second kappa shape index (κ2) is 4.51. The molecule has 0 bridgehead atoms. The van der Waals surface area contributed by atoms with Gasteiger partial charge in [0.05, 0.1) is 0 Å². The number of fused-ring (bicyclic) bond motifs is 1. The number of ether oxygens (including phenoxy) is 2. The number of nitrogens with one attached hydrogen (secondary N) is 1. The second-order valence-electron chi connectivity index (χ2n) is 4.91. The van der Waals surface area contributed by atoms with Gasteiger partial charge in [0.2, 0.25) is 6.79 Å². The van der Waals surface area contributed by atoms with Gasteiger partial charge in [0.1, 0.15) is 0 Å². The van der Waals surface area contributed by atoms with E-state index in [2.05, 4.69) is 23.2 Å². The van der Waals surface area contributed by atoms with Crippen molar-refractivity contribution >= 4 is 5.91 Å². The third-order valence-electron chi connectivity index (χ3n) is 3.66. The molecule has 4 nitrogen and oxygen atoms in total. The molecule has 0 radical (unpaired) electrons. The highest BCUT2D eigenvalue weighted by atomic mass is 16.7. The third-order valence-corrected chi connectivity index (χ3v) is 3.66. The normalized spacial score (nSPS) is 17.3. The summed E-state index contributed by atoms with van der Waals surface area (Å²) in [7, 11) is 0. The van der Waals surface area contributed by atoms with Crippen LogP contribution in [0.5, 0.6) is 11.5 Å². The van der Waals surface area contributed by atoms with Crippen molar-refractivity contribution in [1.29, 1.82) is 0 Å². The number of carbonyl (C=O) groups excluding carboxylic acids is 1. The lowest BCUT2D eigenvalue weighted by molar-refractivity contribution is -0.115. The number of amides is 1. The van der Waals surface area contributed by atoms with E-state index in [1.54, 1.807) is 6.92 Å². The van der Waals surface area contributed by atoms with Gasteiger partial charge in [0.25, 0.3) is 5.91 Å². The molecule has 98 valence electrons. The first-order valence-corrected chi connectivity index (χ1v) is 6.34. The maximum Gasteiger partial charge on any atom is 0.295 e. The molecule has 0 atom stereocenters. The van der Waals surface area contributed by atoms with Gasteiger partial charge in [-0.25, -0.2) is 0 Å². The molecule has 3 rings (SSSR count). The number of benzene rings is 1. The highest BCUT2D eigenvalue weighted by Crippen LogP contribution is 2.49. The largest absolute Gasteiger partial charge is 0.454 e. The summed E-state index contributed by atoms with van der Waals surface area (Å²) >= 11 is 0. The van der Waals surface area contributed by atoms with Gasteiger partial charge in [-0.3, -0.25) is 4.79 Å². The Bertz CT molecular complexity index is 579. The Balaban J connectivity index is 1.73. The topological polar surface area (TPSA) is 47.6 Å². The maximum absolute atomic E-state index is 11.4. The minimum absolute atomic E-state index is 0.0477. The molecule has 2 aliphatic rings. The van der Waals surface area contributed by atoms with E-state index < -0.39 is 0 Å². The number of carbonyl (C=O) groups is 1. The molecule has 19 heavy (non-hydrogen) atoms. The smallest absolute Gasteiger partial charge is 0.295 e. The molecule has 0 spiro atoms. The van der Waals surface area contributed by atoms with Crippen molar-refractivity contribution in [2.75, 3.05) is 13.3 Å². The van der Waals surface area contributed by atoms with Crippen molar-refractivity contribution in [3.8, 4) is 23.3 Å². The number of rotatable bonds is 3. The molecule has 0 saturated heterocycles. The van der Waals surface area contributed by atoms with Crippen LogP contribution < -0.4 is 14.8 Å². The van der Waals surface area contributed by atoms with Gasteiger partial charge < -0.3 is 14.8 Å². The summed E-state index contributed by atoms with van der Waals surface area (Å²) in [6.45, 7) is 2.57. The third kappa shape index (κ3) is 2.24. The van der Waals surface area contributed by atoms with Gasteiger partial charge in [0.15, 0.2) is 11.5 Å². The lowest BCUT2D eigenvalue weighted by atomic mass is 9.95. The highest BCUT2D eigenvalue weighted by Gasteiger charge is 2.44. The van der Waals surface area contributed by atoms with Crippen LogP contribution in [0.4, 0.5) is 0 Å². The van der Waals surface area contributed by atoms with Crippen LogP contribution in [0.1, 0.15) is 25.3 Å². The Morgan fingerprint density at radius 1 is 1.37 bits per heavy atom. The van der Waals surface area contributed by atoms with Crippen LogP contribution >= 0.6 is 0 Å². The Morgan fingerprint density at radius 3 is 2.89 bits per heavy atom. The summed E-state index contributed by atoms with van der Waals surface area (Å²) in [6.07, 6.45) is 2.15. The zero-order valence-electron chi connectivity index (χ0n) is 10.8. The van der Waals surface area contributed by atoms with Gasteiger partial charge in [-0.2, -0.15) is 0 Å². The quantitative estimate of drug-likeness (QED) is 0.836. The molecule has 1 aliphatic carbocycles. The zero-order valence-corrected chi connectivity index (χ0v) is 10.8. The summed E-state index contributed by atoms with van der Waals surface area (Å²) < 4.78 is 10.7. The molecule has 1 aromatic carbocycles. The number of hydrogen-bond acceptors (Lipinski definition) is 3. The fourth-order valence-electron chi connectivity index (χ4n) is 2.35. The van der Waals surface area contributed by atoms with Crippen molar-refractivity contribution in [1.82, 2.24) is 5.32 Å². The maximum atomic E-state index is 11.4. The lowest BCUT2D eigenvalue weighted by Crippen LogP contribution is -2.31. The Kier molecular flexibility index (Phi) is 2.83. The lowest BCUT2D eigenvalue weighted by Gasteiger charge is -2.16. The molecule has 1 amide bonds. The second-order valence-corrected chi connectivity index (χ2v) is 4.91. The highest BCUT2D eigenvalue weighted by molar-refractivity contribution is 5.93. The van der Waals surface area contributed by atoms with Crippen LogP contribution in [0.15, 0.2) is 18.2 Å². The average Bonchev–Trinajstić information content (AvgIpc) is 3.06. The SMILES string of the molecule is CC#CC(=O)NCC1(c2ccc3c(c2)OCO3)CC1. The zero-order chi connectivity index (χ0) is 13.3. The molecular formula is C15H15NO3. The molecule has 0 unspecified atom stereocenters. The van der Waals surface area contributed by atoms with Crippen LogP contribution in [0.25, 0.3) is 0 Å². The molecular weight excluding hydrogens is 242 g/mol. The van der Waals surface area contributed by atoms with E-state index in [-0.39, 0.29) is 18.1 Å². The monoisotopic (exact) mass is 257 g/mol. The molecule has 1 aromatic rings. The number of hydrogen-bond donors (Lipinski definition) is 1. The molecule has 1 N–H and O–H groups in total. The van der Waals surface area contributed by atoms with Gasteiger partial charge in [-0.15, -0.1) is 0 Å². The summed E-state index contributed by atoms with van der Waals surface area (Å²) in [4.78, 5) is 11.4. The van der Waals surface area contributed by atoms with E-state index >= 15 is 0 Å². The van der Waals surface area contributed by atoms with Crippen molar-refractivity contribution in [2.24, 2.45) is 0 Å². The Labute approximate surface area is 112 Å². The predicted octanol–water partition coefficient (Wildman–Crippen LogP) is 1.59. The van der Waals surface area contributed by atoms with Crippen LogP contribution in [0.2, 0.25) is 0 Å². The molecule has 0 aromatic heterocycles. The summed E-state index contributed by atoms with van der Waals surface area (Å²) in [5, 5.41) is 2.87. The van der Waals surface area contributed by atoms with E-state index in [4.69, 9.17) is 9.47 Å². The van der Waals surface area contributed by atoms with Crippen molar-refractivity contribution in [3.63, 3.8) is 0 Å². The first-order valence-electron chi connectivity index (χ1n) is 6.34. The Morgan fingerprint density at radius 2 is 2.16 bits per heavy atom. The van der Waals surface area contributed by atoms with E-state index in [1.807, 2.05) is 12.1 Å². The molecule has 1 aliphatic heterocycles. The van der Waals surface area contributed by atoms with Crippen LogP contribution in [0, 0.1) is 11.8 Å². The van der Waals surface area contributed by atoms with Crippen LogP contribution in [0.3, 0.4) is 0 Å². The van der Waals surface area contributed by atoms with Gasteiger partial charge in [0, 0.05) is 12.0 Å². The van der Waals surface area contributed by atoms with Gasteiger partial charge in [-0.1, -0.05) is 12.0 Å². The standard InChI is InChI=1S/C15H15NO3/c1-2-3-14(17)16-9-15(6-7-15)11-4-5-12-13(8-11)19-10-18-12/h4-5,8H,6-7,9-10H2,1H3,(H,16,17). The summed E-state index contributed by atoms with van der Waals surface area (Å²) in [6, 6.07) is 6.01. The first kappa shape index (κ1) is 11.9.